The van der Waals surface area contributed by atoms with E-state index in [1.165, 1.54) is 0 Å². The summed E-state index contributed by atoms with van der Waals surface area (Å²) in [5.41, 5.74) is 4.93. The van der Waals surface area contributed by atoms with Crippen LogP contribution in [0, 0.1) is 20.8 Å². The molecule has 2 aromatic heterocycles. The first-order valence-electron chi connectivity index (χ1n) is 5.57. The Morgan fingerprint density at radius 3 is 2.41 bits per heavy atom. The number of fused-ring (bicyclic) bond motifs is 1. The van der Waals surface area contributed by atoms with Crippen LogP contribution in [0.15, 0.2) is 0 Å². The van der Waals surface area contributed by atoms with E-state index in [1.807, 2.05) is 34.9 Å². The zero-order valence-electron chi connectivity index (χ0n) is 10.9. The zero-order valence-corrected chi connectivity index (χ0v) is 11.6. The van der Waals surface area contributed by atoms with Crippen molar-refractivity contribution in [2.24, 2.45) is 0 Å². The molecule has 0 saturated carbocycles. The van der Waals surface area contributed by atoms with Gasteiger partial charge in [-0.1, -0.05) is 11.6 Å². The number of hydrogen-bond donors (Lipinski definition) is 0. The van der Waals surface area contributed by atoms with Crippen LogP contribution in [0.4, 0.5) is 0 Å². The lowest BCUT2D eigenvalue weighted by molar-refractivity contribution is 0.403. The molecule has 0 radical (unpaired) electrons. The van der Waals surface area contributed by atoms with E-state index >= 15 is 0 Å². The molecular weight excluding hydrogens is 236 g/mol. The van der Waals surface area contributed by atoms with Crippen LogP contribution in [-0.4, -0.2) is 33.6 Å². The van der Waals surface area contributed by atoms with Gasteiger partial charge in [-0.3, -0.25) is 0 Å². The average Bonchev–Trinajstić information content (AvgIpc) is 2.53. The number of nitrogens with zero attached hydrogens (tertiary/aromatic N) is 4. The van der Waals surface area contributed by atoms with Crippen molar-refractivity contribution in [2.75, 3.05) is 14.1 Å². The van der Waals surface area contributed by atoms with Crippen molar-refractivity contribution in [3.63, 3.8) is 0 Å². The molecule has 0 bridgehead atoms. The number of aryl methyl sites for hydroxylation is 2. The second kappa shape index (κ2) is 4.27. The van der Waals surface area contributed by atoms with Crippen LogP contribution >= 0.6 is 11.6 Å². The van der Waals surface area contributed by atoms with Gasteiger partial charge < -0.3 is 4.90 Å². The molecule has 0 aliphatic heterocycles. The zero-order chi connectivity index (χ0) is 12.7. The Hall–Kier alpha value is -1.13. The summed E-state index contributed by atoms with van der Waals surface area (Å²) in [7, 11) is 4.07. The van der Waals surface area contributed by atoms with Crippen molar-refractivity contribution in [1.29, 1.82) is 0 Å². The minimum atomic E-state index is 0.653. The van der Waals surface area contributed by atoms with Crippen molar-refractivity contribution in [1.82, 2.24) is 19.5 Å². The van der Waals surface area contributed by atoms with E-state index in [2.05, 4.69) is 15.0 Å². The average molecular weight is 253 g/mol. The molecule has 2 heterocycles. The monoisotopic (exact) mass is 252 g/mol. The van der Waals surface area contributed by atoms with Crippen LogP contribution in [0.3, 0.4) is 0 Å². The highest BCUT2D eigenvalue weighted by atomic mass is 35.5. The minimum absolute atomic E-state index is 0.653. The summed E-state index contributed by atoms with van der Waals surface area (Å²) in [5, 5.41) is 5.12. The summed E-state index contributed by atoms with van der Waals surface area (Å²) in [4.78, 5) is 6.71. The number of hydrogen-bond acceptors (Lipinski definition) is 3. The summed E-state index contributed by atoms with van der Waals surface area (Å²) in [6.45, 7) is 6.76. The molecule has 0 N–H and O–H groups in total. The normalized spacial score (nSPS) is 11.7. The van der Waals surface area contributed by atoms with Crippen LogP contribution in [0.25, 0.3) is 5.65 Å². The molecule has 0 aliphatic rings. The molecule has 0 aromatic carbocycles. The van der Waals surface area contributed by atoms with Crippen LogP contribution in [0.2, 0.25) is 5.15 Å². The third-order valence-corrected chi connectivity index (χ3v) is 3.39. The molecule has 2 aromatic rings. The molecule has 2 rings (SSSR count). The Balaban J connectivity index is 2.74. The van der Waals surface area contributed by atoms with Crippen LogP contribution < -0.4 is 0 Å². The van der Waals surface area contributed by atoms with Gasteiger partial charge in [0.1, 0.15) is 5.15 Å². The van der Waals surface area contributed by atoms with Gasteiger partial charge in [0, 0.05) is 23.4 Å². The van der Waals surface area contributed by atoms with E-state index in [0.717, 1.165) is 34.7 Å². The van der Waals surface area contributed by atoms with Gasteiger partial charge in [-0.15, -0.1) is 0 Å². The van der Waals surface area contributed by atoms with Gasteiger partial charge in [-0.25, -0.2) is 9.50 Å². The predicted octanol–water partition coefficient (Wildman–Crippen LogP) is 2.37. The molecule has 0 atom stereocenters. The molecule has 0 spiro atoms. The lowest BCUT2D eigenvalue weighted by Gasteiger charge is -2.09. The lowest BCUT2D eigenvalue weighted by Crippen LogP contribution is -2.11. The second-order valence-electron chi connectivity index (χ2n) is 4.65. The number of aromatic nitrogens is 3. The van der Waals surface area contributed by atoms with Gasteiger partial charge in [0.05, 0.1) is 5.69 Å². The van der Waals surface area contributed by atoms with Crippen molar-refractivity contribution >= 4 is 17.2 Å². The summed E-state index contributed by atoms with van der Waals surface area (Å²) in [5.74, 6) is 0. The van der Waals surface area contributed by atoms with Crippen LogP contribution in [-0.2, 0) is 6.54 Å². The first-order chi connectivity index (χ1) is 7.91. The molecule has 0 fully saturated rings. The molecule has 4 nitrogen and oxygen atoms in total. The molecule has 0 aliphatic carbocycles. The first-order valence-corrected chi connectivity index (χ1v) is 5.95. The molecule has 0 saturated heterocycles. The molecular formula is C12H17ClN4. The van der Waals surface area contributed by atoms with Crippen LogP contribution in [0.5, 0.6) is 0 Å². The van der Waals surface area contributed by atoms with E-state index in [1.54, 1.807) is 4.52 Å². The topological polar surface area (TPSA) is 33.4 Å². The van der Waals surface area contributed by atoms with E-state index < -0.39 is 0 Å². The molecule has 0 unspecified atom stereocenters. The standard InChI is InChI=1S/C12H17ClN4/c1-7-8(2)14-12-10(6-16(4)5)9(3)15-17(12)11(7)13/h6H2,1-5H3. The largest absolute Gasteiger partial charge is 0.305 e. The molecule has 0 amide bonds. The second-order valence-corrected chi connectivity index (χ2v) is 5.01. The van der Waals surface area contributed by atoms with Gasteiger partial charge in [0.15, 0.2) is 5.65 Å². The Morgan fingerprint density at radius 2 is 1.82 bits per heavy atom. The summed E-state index contributed by atoms with van der Waals surface area (Å²) in [6.07, 6.45) is 0. The van der Waals surface area contributed by atoms with Crippen molar-refractivity contribution in [2.45, 2.75) is 27.3 Å². The summed E-state index contributed by atoms with van der Waals surface area (Å²) < 4.78 is 1.73. The van der Waals surface area contributed by atoms with Gasteiger partial charge in [-0.05, 0) is 34.9 Å². The maximum atomic E-state index is 6.30. The number of rotatable bonds is 2. The van der Waals surface area contributed by atoms with Crippen LogP contribution in [0.1, 0.15) is 22.5 Å². The highest BCUT2D eigenvalue weighted by molar-refractivity contribution is 6.30. The Morgan fingerprint density at radius 1 is 1.18 bits per heavy atom. The number of halogens is 1. The first kappa shape index (κ1) is 12.3. The lowest BCUT2D eigenvalue weighted by atomic mass is 10.2. The third-order valence-electron chi connectivity index (χ3n) is 2.94. The maximum Gasteiger partial charge on any atom is 0.161 e. The van der Waals surface area contributed by atoms with Gasteiger partial charge >= 0.3 is 0 Å². The Bertz CT molecular complexity index is 572. The van der Waals surface area contributed by atoms with Gasteiger partial charge in [0.2, 0.25) is 0 Å². The Labute approximate surface area is 106 Å². The van der Waals surface area contributed by atoms with E-state index in [-0.39, 0.29) is 0 Å². The highest BCUT2D eigenvalue weighted by Crippen LogP contribution is 2.23. The maximum absolute atomic E-state index is 6.30. The molecule has 5 heteroatoms. The van der Waals surface area contributed by atoms with E-state index in [9.17, 15) is 0 Å². The molecule has 92 valence electrons. The van der Waals surface area contributed by atoms with Crippen molar-refractivity contribution < 1.29 is 0 Å². The van der Waals surface area contributed by atoms with Crippen molar-refractivity contribution in [3.05, 3.63) is 27.7 Å². The fraction of sp³-hybridized carbons (Fsp3) is 0.500. The highest BCUT2D eigenvalue weighted by Gasteiger charge is 2.16. The van der Waals surface area contributed by atoms with Crippen molar-refractivity contribution in [3.8, 4) is 0 Å². The quantitative estimate of drug-likeness (QED) is 0.770. The van der Waals surface area contributed by atoms with E-state index in [4.69, 9.17) is 11.6 Å². The van der Waals surface area contributed by atoms with Gasteiger partial charge in [-0.2, -0.15) is 5.10 Å². The minimum Gasteiger partial charge on any atom is -0.305 e. The van der Waals surface area contributed by atoms with Gasteiger partial charge in [0.25, 0.3) is 0 Å². The SMILES string of the molecule is Cc1nc2c(CN(C)C)c(C)nn2c(Cl)c1C. The summed E-state index contributed by atoms with van der Waals surface area (Å²) in [6, 6.07) is 0. The predicted molar refractivity (Wildman–Crippen MR) is 69.6 cm³/mol. The fourth-order valence-electron chi connectivity index (χ4n) is 1.85. The van der Waals surface area contributed by atoms with E-state index in [0.29, 0.717) is 5.15 Å². The Kier molecular flexibility index (Phi) is 3.10. The fourth-order valence-corrected chi connectivity index (χ4v) is 2.11. The smallest absolute Gasteiger partial charge is 0.161 e. The summed E-state index contributed by atoms with van der Waals surface area (Å²) >= 11 is 6.30. The third kappa shape index (κ3) is 2.03. The molecule has 17 heavy (non-hydrogen) atoms.